The van der Waals surface area contributed by atoms with Gasteiger partial charge in [-0.25, -0.2) is 9.59 Å². The molecule has 1 aromatic heterocycles. The van der Waals surface area contributed by atoms with Gasteiger partial charge in [0.1, 0.15) is 11.0 Å². The first-order valence-electron chi connectivity index (χ1n) is 15.4. The number of hydrogen-bond acceptors (Lipinski definition) is 7. The Morgan fingerprint density at radius 1 is 1.05 bits per heavy atom. The minimum atomic E-state index is -1.04. The van der Waals surface area contributed by atoms with E-state index in [1.54, 1.807) is 11.0 Å². The van der Waals surface area contributed by atoms with E-state index >= 15 is 0 Å². The maximum Gasteiger partial charge on any atom is 0.407 e. The monoisotopic (exact) mass is 600 g/mol. The predicted molar refractivity (Wildman–Crippen MR) is 159 cm³/mol. The van der Waals surface area contributed by atoms with Gasteiger partial charge in [-0.3, -0.25) is 4.79 Å². The van der Waals surface area contributed by atoms with Crippen molar-refractivity contribution in [3.05, 3.63) is 15.8 Å². The highest BCUT2D eigenvalue weighted by Crippen LogP contribution is 2.39. The number of anilines is 1. The molecule has 2 saturated heterocycles. The van der Waals surface area contributed by atoms with Gasteiger partial charge in [0.15, 0.2) is 6.29 Å². The zero-order valence-corrected chi connectivity index (χ0v) is 26.0. The maximum absolute atomic E-state index is 14.1. The number of carbonyl (C=O) groups is 3. The van der Waals surface area contributed by atoms with Crippen LogP contribution in [-0.4, -0.2) is 60.8 Å². The number of alkyl carbamates (subject to hydrolysis) is 1. The average Bonchev–Trinajstić information content (AvgIpc) is 3.66. The summed E-state index contributed by atoms with van der Waals surface area (Å²) in [7, 11) is 0. The maximum atomic E-state index is 14.1. The van der Waals surface area contributed by atoms with Crippen LogP contribution in [-0.2, 0) is 19.0 Å². The van der Waals surface area contributed by atoms with Crippen LogP contribution < -0.4 is 10.2 Å². The van der Waals surface area contributed by atoms with Crippen molar-refractivity contribution in [2.24, 2.45) is 23.2 Å². The lowest BCUT2D eigenvalue weighted by Crippen LogP contribution is -2.49. The second kappa shape index (κ2) is 12.9. The highest BCUT2D eigenvalue weighted by atomic mass is 32.1. The molecule has 3 atom stereocenters. The molecule has 4 aliphatic rings. The minimum absolute atomic E-state index is 0.0166. The molecule has 2 N–H and O–H groups in total. The summed E-state index contributed by atoms with van der Waals surface area (Å²) in [5.41, 5.74) is 0.228. The molecule has 2 amide bonds. The highest BCUT2D eigenvalue weighted by molar-refractivity contribution is 7.15. The van der Waals surface area contributed by atoms with Crippen LogP contribution >= 0.6 is 11.3 Å². The fraction of sp³-hybridized carbons (Fsp3) is 0.719. The first-order chi connectivity index (χ1) is 20.0. The van der Waals surface area contributed by atoms with Crippen molar-refractivity contribution in [2.75, 3.05) is 18.1 Å². The fourth-order valence-corrected chi connectivity index (χ4v) is 7.43. The standard InChI is InChI=1S/C32H44N2O7S/c1-19-5-7-20(8-6-19)28(35)34(25-17-23(13-15-32(2,3)4)42-27(25)29(36)37)22-11-9-21(10-12-22)33-31(38)41-26-18-40-30-24(26)14-16-39-30/h17,19-22,24,26,30H,5-12,14,16,18H2,1-4H3,(H,33,38)(H,36,37). The number of thiophene rings is 1. The molecule has 0 bridgehead atoms. The van der Waals surface area contributed by atoms with E-state index in [4.69, 9.17) is 14.2 Å². The van der Waals surface area contributed by atoms with Crippen molar-refractivity contribution < 1.29 is 33.7 Å². The summed E-state index contributed by atoms with van der Waals surface area (Å²) in [4.78, 5) is 41.8. The van der Waals surface area contributed by atoms with Crippen LogP contribution in [0.1, 0.15) is 100 Å². The number of aromatic carboxylic acids is 1. The fourth-order valence-electron chi connectivity index (χ4n) is 6.59. The molecule has 0 spiro atoms. The van der Waals surface area contributed by atoms with Crippen LogP contribution in [0.15, 0.2) is 6.07 Å². The van der Waals surface area contributed by atoms with E-state index in [0.717, 1.165) is 43.4 Å². The van der Waals surface area contributed by atoms with Crippen molar-refractivity contribution in [3.8, 4) is 11.8 Å². The molecular formula is C32H44N2O7S. The molecule has 9 nitrogen and oxygen atoms in total. The third-order valence-corrected chi connectivity index (χ3v) is 9.98. The SMILES string of the molecule is CC1CCC(C(=O)N(c2cc(C#CC(C)(C)C)sc2C(=O)O)C2CCC(NC(=O)OC3COC4OCCC34)CC2)CC1. The van der Waals surface area contributed by atoms with Crippen LogP contribution in [0, 0.1) is 35.0 Å². The van der Waals surface area contributed by atoms with Gasteiger partial charge in [-0.1, -0.05) is 18.8 Å². The minimum Gasteiger partial charge on any atom is -0.477 e. The van der Waals surface area contributed by atoms with Gasteiger partial charge in [0.05, 0.1) is 29.7 Å². The molecule has 5 rings (SSSR count). The molecule has 0 aromatic carbocycles. The second-order valence-corrected chi connectivity index (χ2v) is 14.5. The summed E-state index contributed by atoms with van der Waals surface area (Å²) in [6.45, 7) is 9.22. The summed E-state index contributed by atoms with van der Waals surface area (Å²) in [6, 6.07) is 1.57. The van der Waals surface area contributed by atoms with E-state index < -0.39 is 12.1 Å². The molecule has 3 heterocycles. The molecule has 0 radical (unpaired) electrons. The van der Waals surface area contributed by atoms with Gasteiger partial charge >= 0.3 is 12.1 Å². The van der Waals surface area contributed by atoms with E-state index in [2.05, 4.69) is 24.1 Å². The van der Waals surface area contributed by atoms with Crippen molar-refractivity contribution in [3.63, 3.8) is 0 Å². The van der Waals surface area contributed by atoms with E-state index in [-0.39, 0.29) is 52.5 Å². The Balaban J connectivity index is 1.30. The normalized spacial score (nSPS) is 31.0. The first-order valence-corrected chi connectivity index (χ1v) is 16.2. The van der Waals surface area contributed by atoms with Crippen LogP contribution in [0.4, 0.5) is 10.5 Å². The third-order valence-electron chi connectivity index (χ3n) is 8.96. The van der Waals surface area contributed by atoms with Crippen LogP contribution in [0.2, 0.25) is 0 Å². The number of rotatable bonds is 6. The lowest BCUT2D eigenvalue weighted by atomic mass is 9.81. The average molecular weight is 601 g/mol. The van der Waals surface area contributed by atoms with Crippen LogP contribution in [0.25, 0.3) is 0 Å². The largest absolute Gasteiger partial charge is 0.477 e. The number of fused-ring (bicyclic) bond motifs is 1. The Morgan fingerprint density at radius 2 is 1.76 bits per heavy atom. The molecule has 42 heavy (non-hydrogen) atoms. The molecule has 1 aromatic rings. The molecule has 2 aliphatic heterocycles. The van der Waals surface area contributed by atoms with Gasteiger partial charge in [0.25, 0.3) is 0 Å². The van der Waals surface area contributed by atoms with Crippen LogP contribution in [0.3, 0.4) is 0 Å². The predicted octanol–water partition coefficient (Wildman–Crippen LogP) is 5.80. The Morgan fingerprint density at radius 3 is 2.43 bits per heavy atom. The second-order valence-electron chi connectivity index (χ2n) is 13.4. The number of carboxylic acid groups (broad SMARTS) is 1. The van der Waals surface area contributed by atoms with Crippen molar-refractivity contribution in [1.29, 1.82) is 0 Å². The van der Waals surface area contributed by atoms with Gasteiger partial charge < -0.3 is 29.5 Å². The molecule has 2 aliphatic carbocycles. The first kappa shape index (κ1) is 30.8. The number of ether oxygens (including phenoxy) is 3. The van der Waals surface area contributed by atoms with Crippen molar-refractivity contribution >= 4 is 35.0 Å². The summed E-state index contributed by atoms with van der Waals surface area (Å²) in [5, 5.41) is 13.2. The lowest BCUT2D eigenvalue weighted by molar-refractivity contribution is -0.124. The number of nitrogens with zero attached hydrogens (tertiary/aromatic N) is 1. The molecule has 3 unspecified atom stereocenters. The number of amides is 2. The van der Waals surface area contributed by atoms with Crippen LogP contribution in [0.5, 0.6) is 0 Å². The van der Waals surface area contributed by atoms with Crippen molar-refractivity contribution in [2.45, 2.75) is 110 Å². The van der Waals surface area contributed by atoms with Gasteiger partial charge in [-0.15, -0.1) is 11.3 Å². The van der Waals surface area contributed by atoms with E-state index in [9.17, 15) is 19.5 Å². The lowest BCUT2D eigenvalue weighted by Gasteiger charge is -2.39. The Hall–Kier alpha value is -2.61. The third kappa shape index (κ3) is 7.29. The van der Waals surface area contributed by atoms with E-state index in [0.29, 0.717) is 55.4 Å². The summed E-state index contributed by atoms with van der Waals surface area (Å²) < 4.78 is 16.8. The Labute approximate surface area is 252 Å². The van der Waals surface area contributed by atoms with E-state index in [1.165, 1.54) is 0 Å². The zero-order valence-electron chi connectivity index (χ0n) is 25.1. The smallest absolute Gasteiger partial charge is 0.407 e. The quantitative estimate of drug-likeness (QED) is 0.397. The summed E-state index contributed by atoms with van der Waals surface area (Å²) in [5.74, 6) is 5.88. The Bertz CT molecular complexity index is 1210. The van der Waals surface area contributed by atoms with Gasteiger partial charge in [-0.2, -0.15) is 0 Å². The molecule has 4 fully saturated rings. The molecular weight excluding hydrogens is 556 g/mol. The summed E-state index contributed by atoms with van der Waals surface area (Å²) in [6.07, 6.45) is 6.09. The van der Waals surface area contributed by atoms with Gasteiger partial charge in [0, 0.05) is 23.4 Å². The number of carbonyl (C=O) groups excluding carboxylic acids is 2. The molecule has 2 saturated carbocycles. The van der Waals surface area contributed by atoms with E-state index in [1.807, 2.05) is 20.8 Å². The number of nitrogens with one attached hydrogen (secondary N) is 1. The van der Waals surface area contributed by atoms with Gasteiger partial charge in [0.2, 0.25) is 5.91 Å². The molecule has 10 heteroatoms. The number of hydrogen-bond donors (Lipinski definition) is 2. The topological polar surface area (TPSA) is 114 Å². The van der Waals surface area contributed by atoms with Crippen molar-refractivity contribution in [1.82, 2.24) is 5.32 Å². The Kier molecular flexibility index (Phi) is 9.50. The molecule has 230 valence electrons. The summed E-state index contributed by atoms with van der Waals surface area (Å²) >= 11 is 1.14. The van der Waals surface area contributed by atoms with Gasteiger partial charge in [-0.05, 0) is 90.5 Å². The zero-order chi connectivity index (χ0) is 30.0. The number of carboxylic acids is 1. The highest BCUT2D eigenvalue weighted by Gasteiger charge is 2.44.